The van der Waals surface area contributed by atoms with Crippen LogP contribution in [0.2, 0.25) is 0 Å². The molecule has 40 valence electrons. The van der Waals surface area contributed by atoms with Gasteiger partial charge in [0, 0.05) is 6.21 Å². The van der Waals surface area contributed by atoms with Crippen LogP contribution in [0, 0.1) is 0 Å². The molecule has 0 unspecified atom stereocenters. The number of rotatable bonds is 0. The first-order chi connectivity index (χ1) is 3.50. The van der Waals surface area contributed by atoms with E-state index in [9.17, 15) is 0 Å². The summed E-state index contributed by atoms with van der Waals surface area (Å²) >= 11 is 0. The first kappa shape index (κ1) is 6.34. The molecule has 7 heavy (non-hydrogen) atoms. The molecule has 1 rings (SSSR count). The number of hydrogen-bond donors (Lipinski definition) is 0. The Morgan fingerprint density at radius 1 is 1.43 bits per heavy atom. The van der Waals surface area contributed by atoms with Crippen molar-refractivity contribution < 1.29 is 0 Å². The lowest BCUT2D eigenvalue weighted by molar-refractivity contribution is 1.38. The summed E-state index contributed by atoms with van der Waals surface area (Å²) in [6.07, 6.45) is 3.32. The standard InChI is InChI=1S/C3H4N2.C2H6/c1-2-5-3-4-1;1-2/h1,3H,2H2;1-2H3. The molecule has 0 aromatic heterocycles. The average Bonchev–Trinajstić information content (AvgIpc) is 2.23. The van der Waals surface area contributed by atoms with Gasteiger partial charge in [-0.2, -0.15) is 0 Å². The van der Waals surface area contributed by atoms with Crippen molar-refractivity contribution in [2.45, 2.75) is 13.8 Å². The minimum Gasteiger partial charge on any atom is -0.268 e. The second kappa shape index (κ2) is 5.34. The lowest BCUT2D eigenvalue weighted by atomic mass is 10.8. The van der Waals surface area contributed by atoms with Crippen molar-refractivity contribution in [2.75, 3.05) is 6.54 Å². The molecule has 1 aliphatic rings. The Bertz CT molecular complexity index is 64.1. The monoisotopic (exact) mass is 98.1 g/mol. The second-order valence-corrected chi connectivity index (χ2v) is 0.812. The van der Waals surface area contributed by atoms with Crippen LogP contribution in [-0.4, -0.2) is 19.1 Å². The predicted molar refractivity (Wildman–Crippen MR) is 33.2 cm³/mol. The Kier molecular flexibility index (Phi) is 4.84. The summed E-state index contributed by atoms with van der Waals surface area (Å²) in [5, 5.41) is 0. The molecule has 0 spiro atoms. The zero-order chi connectivity index (χ0) is 5.54. The van der Waals surface area contributed by atoms with Gasteiger partial charge in [-0.3, -0.25) is 4.99 Å². The molecule has 0 fully saturated rings. The second-order valence-electron chi connectivity index (χ2n) is 0.812. The summed E-state index contributed by atoms with van der Waals surface area (Å²) in [7, 11) is 0. The predicted octanol–water partition coefficient (Wildman–Crippen LogP) is 1.13. The highest BCUT2D eigenvalue weighted by Crippen LogP contribution is 1.71. The van der Waals surface area contributed by atoms with Crippen LogP contribution in [0.5, 0.6) is 0 Å². The minimum absolute atomic E-state index is 0.778. The zero-order valence-electron chi connectivity index (χ0n) is 4.76. The summed E-state index contributed by atoms with van der Waals surface area (Å²) in [4.78, 5) is 7.40. The van der Waals surface area contributed by atoms with Gasteiger partial charge in [-0.15, -0.1) is 0 Å². The van der Waals surface area contributed by atoms with Gasteiger partial charge in [0.1, 0.15) is 6.34 Å². The summed E-state index contributed by atoms with van der Waals surface area (Å²) in [5.41, 5.74) is 0. The van der Waals surface area contributed by atoms with Crippen molar-refractivity contribution in [2.24, 2.45) is 9.98 Å². The lowest BCUT2D eigenvalue weighted by Gasteiger charge is -1.56. The van der Waals surface area contributed by atoms with Gasteiger partial charge in [0.15, 0.2) is 0 Å². The first-order valence-corrected chi connectivity index (χ1v) is 2.50. The fourth-order valence-corrected chi connectivity index (χ4v) is 0.236. The highest BCUT2D eigenvalue weighted by atomic mass is 14.9. The molecular weight excluding hydrogens is 88.1 g/mol. The Balaban J connectivity index is 0.000000162. The van der Waals surface area contributed by atoms with E-state index in [-0.39, 0.29) is 0 Å². The van der Waals surface area contributed by atoms with Gasteiger partial charge >= 0.3 is 0 Å². The molecule has 2 nitrogen and oxygen atoms in total. The molecule has 1 heterocycles. The van der Waals surface area contributed by atoms with Crippen LogP contribution in [0.4, 0.5) is 0 Å². The summed E-state index contributed by atoms with van der Waals surface area (Å²) < 4.78 is 0. The van der Waals surface area contributed by atoms with Crippen LogP contribution in [0.25, 0.3) is 0 Å². The maximum absolute atomic E-state index is 3.74. The van der Waals surface area contributed by atoms with Crippen molar-refractivity contribution in [3.05, 3.63) is 0 Å². The first-order valence-electron chi connectivity index (χ1n) is 2.50. The van der Waals surface area contributed by atoms with Crippen molar-refractivity contribution >= 4 is 12.6 Å². The van der Waals surface area contributed by atoms with Crippen molar-refractivity contribution in [1.82, 2.24) is 0 Å². The van der Waals surface area contributed by atoms with Gasteiger partial charge in [-0.25, -0.2) is 4.99 Å². The van der Waals surface area contributed by atoms with Gasteiger partial charge in [0.2, 0.25) is 0 Å². The van der Waals surface area contributed by atoms with Gasteiger partial charge < -0.3 is 0 Å². The van der Waals surface area contributed by atoms with Gasteiger partial charge in [-0.05, 0) is 0 Å². The molecular formula is C5H10N2. The van der Waals surface area contributed by atoms with E-state index in [1.807, 2.05) is 13.8 Å². The summed E-state index contributed by atoms with van der Waals surface area (Å²) in [6, 6.07) is 0. The fourth-order valence-electron chi connectivity index (χ4n) is 0.236. The fraction of sp³-hybridized carbons (Fsp3) is 0.600. The molecule has 0 aliphatic carbocycles. The Labute approximate surface area is 44.0 Å². The van der Waals surface area contributed by atoms with Crippen molar-refractivity contribution in [1.29, 1.82) is 0 Å². The molecule has 0 bridgehead atoms. The highest BCUT2D eigenvalue weighted by molar-refractivity contribution is 5.79. The SMILES string of the molecule is C1=NC=NC1.CC. The number of aliphatic imine (C=N–C) groups is 2. The number of nitrogens with zero attached hydrogens (tertiary/aromatic N) is 2. The van der Waals surface area contributed by atoms with Gasteiger partial charge in [0.05, 0.1) is 6.54 Å². The van der Waals surface area contributed by atoms with Crippen LogP contribution in [0.15, 0.2) is 9.98 Å². The molecule has 0 aromatic rings. The topological polar surface area (TPSA) is 24.7 Å². The van der Waals surface area contributed by atoms with E-state index >= 15 is 0 Å². The lowest BCUT2D eigenvalue weighted by Crippen LogP contribution is -1.65. The Morgan fingerprint density at radius 3 is 2.29 bits per heavy atom. The van der Waals surface area contributed by atoms with Crippen LogP contribution < -0.4 is 0 Å². The van der Waals surface area contributed by atoms with Crippen LogP contribution in [0.3, 0.4) is 0 Å². The molecule has 0 N–H and O–H groups in total. The summed E-state index contributed by atoms with van der Waals surface area (Å²) in [5.74, 6) is 0. The van der Waals surface area contributed by atoms with Crippen molar-refractivity contribution in [3.63, 3.8) is 0 Å². The molecule has 0 radical (unpaired) electrons. The van der Waals surface area contributed by atoms with E-state index in [1.54, 1.807) is 12.6 Å². The van der Waals surface area contributed by atoms with E-state index in [2.05, 4.69) is 9.98 Å². The molecule has 0 aromatic carbocycles. The smallest absolute Gasteiger partial charge is 0.109 e. The van der Waals surface area contributed by atoms with E-state index in [0.717, 1.165) is 6.54 Å². The maximum Gasteiger partial charge on any atom is 0.109 e. The van der Waals surface area contributed by atoms with Crippen LogP contribution >= 0.6 is 0 Å². The maximum atomic E-state index is 3.74. The van der Waals surface area contributed by atoms with Crippen LogP contribution in [0.1, 0.15) is 13.8 Å². The number of hydrogen-bond acceptors (Lipinski definition) is 2. The molecule has 0 saturated heterocycles. The average molecular weight is 98.1 g/mol. The molecule has 0 saturated carbocycles. The minimum atomic E-state index is 0.778. The van der Waals surface area contributed by atoms with E-state index in [0.29, 0.717) is 0 Å². The van der Waals surface area contributed by atoms with Gasteiger partial charge in [-0.1, -0.05) is 13.8 Å². The van der Waals surface area contributed by atoms with E-state index in [4.69, 9.17) is 0 Å². The normalized spacial score (nSPS) is 13.4. The highest BCUT2D eigenvalue weighted by Gasteiger charge is 1.73. The third-order valence-corrected chi connectivity index (χ3v) is 0.441. The molecule has 2 heteroatoms. The summed E-state index contributed by atoms with van der Waals surface area (Å²) in [6.45, 7) is 4.78. The molecule has 1 aliphatic heterocycles. The van der Waals surface area contributed by atoms with E-state index < -0.39 is 0 Å². The third kappa shape index (κ3) is 3.16. The van der Waals surface area contributed by atoms with Gasteiger partial charge in [0.25, 0.3) is 0 Å². The third-order valence-electron chi connectivity index (χ3n) is 0.441. The largest absolute Gasteiger partial charge is 0.268 e. The molecule has 0 atom stereocenters. The van der Waals surface area contributed by atoms with E-state index in [1.165, 1.54) is 0 Å². The van der Waals surface area contributed by atoms with Crippen LogP contribution in [-0.2, 0) is 0 Å². The zero-order valence-corrected chi connectivity index (χ0v) is 4.76. The Morgan fingerprint density at radius 2 is 2.14 bits per heavy atom. The Hall–Kier alpha value is -0.660. The van der Waals surface area contributed by atoms with Crippen molar-refractivity contribution in [3.8, 4) is 0 Å². The quantitative estimate of drug-likeness (QED) is 0.434. The molecule has 0 amide bonds.